The number of amides is 2. The van der Waals surface area contributed by atoms with Gasteiger partial charge in [-0.3, -0.25) is 9.59 Å². The van der Waals surface area contributed by atoms with Crippen molar-refractivity contribution >= 4 is 40.7 Å². The highest BCUT2D eigenvalue weighted by Gasteiger charge is 2.37. The quantitative estimate of drug-likeness (QED) is 0.397. The summed E-state index contributed by atoms with van der Waals surface area (Å²) in [6, 6.07) is 9.56. The predicted molar refractivity (Wildman–Crippen MR) is 159 cm³/mol. The Morgan fingerprint density at radius 2 is 1.82 bits per heavy atom. The fraction of sp³-hybridized carbons (Fsp3) is 0.533. The molecule has 4 rings (SSSR count). The lowest BCUT2D eigenvalue weighted by Crippen LogP contribution is -2.56. The van der Waals surface area contributed by atoms with Crippen LogP contribution in [0, 0.1) is 11.7 Å². The van der Waals surface area contributed by atoms with Gasteiger partial charge < -0.3 is 25.8 Å². The maximum Gasteiger partial charge on any atom is 0.245 e. The van der Waals surface area contributed by atoms with E-state index in [1.807, 2.05) is 17.0 Å². The third kappa shape index (κ3) is 7.46. The maximum atomic E-state index is 14.4. The fourth-order valence-electron chi connectivity index (χ4n) is 5.75. The lowest BCUT2D eigenvalue weighted by atomic mass is 9.94. The normalized spacial score (nSPS) is 17.6. The average molecular weight is 593 g/mol. The van der Waals surface area contributed by atoms with Crippen LogP contribution in [0.1, 0.15) is 50.3 Å². The molecule has 0 saturated carbocycles. The van der Waals surface area contributed by atoms with Gasteiger partial charge in [-0.2, -0.15) is 0 Å². The summed E-state index contributed by atoms with van der Waals surface area (Å²) >= 11 is 12.5. The first kappa shape index (κ1) is 30.6. The molecule has 7 nitrogen and oxygen atoms in total. The van der Waals surface area contributed by atoms with Crippen molar-refractivity contribution in [3.05, 3.63) is 63.4 Å². The molecule has 0 unspecified atom stereocenters. The van der Waals surface area contributed by atoms with E-state index in [4.69, 9.17) is 28.9 Å². The zero-order valence-corrected chi connectivity index (χ0v) is 24.9. The lowest BCUT2D eigenvalue weighted by Gasteiger charge is -2.40. The molecule has 2 saturated heterocycles. The molecule has 40 heavy (non-hydrogen) atoms. The van der Waals surface area contributed by atoms with Crippen LogP contribution in [0.2, 0.25) is 10.0 Å². The second kappa shape index (κ2) is 14.0. The third-order valence-corrected chi connectivity index (χ3v) is 8.33. The first-order valence-electron chi connectivity index (χ1n) is 14.2. The number of carbonyl (C=O) groups excluding carboxylic acids is 2. The number of piperazine rings is 1. The summed E-state index contributed by atoms with van der Waals surface area (Å²) in [5.74, 6) is 0.0804. The van der Waals surface area contributed by atoms with Crippen molar-refractivity contribution in [2.24, 2.45) is 11.7 Å². The molecular formula is C30H40Cl2FN5O2. The molecule has 2 aromatic rings. The summed E-state index contributed by atoms with van der Waals surface area (Å²) in [6.07, 6.45) is 2.39. The van der Waals surface area contributed by atoms with E-state index >= 15 is 0 Å². The monoisotopic (exact) mass is 591 g/mol. The van der Waals surface area contributed by atoms with Gasteiger partial charge in [-0.25, -0.2) is 4.39 Å². The Morgan fingerprint density at radius 3 is 2.45 bits per heavy atom. The standard InChI is InChI=1S/C30H40Cl2FN5O2/c1-20(2)16-26(35-10-9-34)24-19-23(33)7-8-27(24)36-12-14-37(15-13-36)30(40)28(38-11-3-4-29(38)39)17-21-5-6-22(31)18-25(21)32/h5-8,18-20,26,28,35H,3-4,9-17,34H2,1-2H3/t26-,28+/m0/s1. The summed E-state index contributed by atoms with van der Waals surface area (Å²) < 4.78 is 14.4. The van der Waals surface area contributed by atoms with Gasteiger partial charge in [0.2, 0.25) is 11.8 Å². The highest BCUT2D eigenvalue weighted by atomic mass is 35.5. The van der Waals surface area contributed by atoms with Crippen molar-refractivity contribution in [1.29, 1.82) is 0 Å². The van der Waals surface area contributed by atoms with Crippen molar-refractivity contribution in [3.8, 4) is 0 Å². The van der Waals surface area contributed by atoms with Crippen molar-refractivity contribution < 1.29 is 14.0 Å². The number of hydrogen-bond donors (Lipinski definition) is 2. The van der Waals surface area contributed by atoms with Crippen LogP contribution in [0.3, 0.4) is 0 Å². The van der Waals surface area contributed by atoms with Crippen LogP contribution in [0.15, 0.2) is 36.4 Å². The lowest BCUT2D eigenvalue weighted by molar-refractivity contribution is -0.143. The van der Waals surface area contributed by atoms with Crippen LogP contribution >= 0.6 is 23.2 Å². The SMILES string of the molecule is CC(C)C[C@H](NCCN)c1cc(F)ccc1N1CCN(C(=O)[C@@H](Cc2ccc(Cl)cc2Cl)N2CCCC2=O)CC1. The van der Waals surface area contributed by atoms with E-state index in [2.05, 4.69) is 24.1 Å². The van der Waals surface area contributed by atoms with Crippen LogP contribution in [0.25, 0.3) is 0 Å². The summed E-state index contributed by atoms with van der Waals surface area (Å²) in [5, 5.41) is 4.51. The molecule has 218 valence electrons. The van der Waals surface area contributed by atoms with Crippen molar-refractivity contribution in [2.45, 2.75) is 51.6 Å². The van der Waals surface area contributed by atoms with Crippen LogP contribution in [-0.2, 0) is 16.0 Å². The zero-order chi connectivity index (χ0) is 28.8. The van der Waals surface area contributed by atoms with Gasteiger partial charge in [0.15, 0.2) is 0 Å². The molecule has 2 amide bonds. The average Bonchev–Trinajstić information content (AvgIpc) is 3.35. The van der Waals surface area contributed by atoms with Gasteiger partial charge in [-0.15, -0.1) is 0 Å². The number of carbonyl (C=O) groups is 2. The second-order valence-electron chi connectivity index (χ2n) is 11.1. The molecule has 10 heteroatoms. The van der Waals surface area contributed by atoms with E-state index < -0.39 is 6.04 Å². The number of benzene rings is 2. The Morgan fingerprint density at radius 1 is 1.07 bits per heavy atom. The molecule has 3 N–H and O–H groups in total. The second-order valence-corrected chi connectivity index (χ2v) is 11.9. The molecule has 2 aliphatic rings. The van der Waals surface area contributed by atoms with E-state index in [1.165, 1.54) is 6.07 Å². The van der Waals surface area contributed by atoms with Gasteiger partial charge in [-0.05, 0) is 60.2 Å². The summed E-state index contributed by atoms with van der Waals surface area (Å²) in [5.41, 5.74) is 8.44. The van der Waals surface area contributed by atoms with E-state index in [0.717, 1.165) is 29.7 Å². The number of nitrogens with one attached hydrogen (secondary N) is 1. The van der Waals surface area contributed by atoms with Crippen LogP contribution in [-0.4, -0.2) is 73.5 Å². The molecule has 0 radical (unpaired) electrons. The minimum absolute atomic E-state index is 0.000741. The molecule has 2 aliphatic heterocycles. The number of hydrogen-bond acceptors (Lipinski definition) is 5. The Labute approximate surface area is 246 Å². The van der Waals surface area contributed by atoms with Crippen molar-refractivity contribution in [2.75, 3.05) is 50.7 Å². The van der Waals surface area contributed by atoms with Gasteiger partial charge in [0.05, 0.1) is 0 Å². The third-order valence-electron chi connectivity index (χ3n) is 7.74. The van der Waals surface area contributed by atoms with Gasteiger partial charge in [0.1, 0.15) is 11.9 Å². The van der Waals surface area contributed by atoms with Crippen LogP contribution in [0.4, 0.5) is 10.1 Å². The zero-order valence-electron chi connectivity index (χ0n) is 23.3. The molecule has 2 heterocycles. The molecular weight excluding hydrogens is 552 g/mol. The number of nitrogens with zero attached hydrogens (tertiary/aromatic N) is 3. The largest absolute Gasteiger partial charge is 0.368 e. The molecule has 0 aromatic heterocycles. The Balaban J connectivity index is 1.51. The van der Waals surface area contributed by atoms with Crippen LogP contribution < -0.4 is 16.0 Å². The molecule has 2 aromatic carbocycles. The van der Waals surface area contributed by atoms with E-state index in [9.17, 15) is 14.0 Å². The number of rotatable bonds is 11. The smallest absolute Gasteiger partial charge is 0.245 e. The number of likely N-dealkylation sites (tertiary alicyclic amines) is 1. The first-order chi connectivity index (χ1) is 19.2. The minimum Gasteiger partial charge on any atom is -0.368 e. The summed E-state index contributed by atoms with van der Waals surface area (Å²) in [6.45, 7) is 8.24. The molecule has 0 aliphatic carbocycles. The Bertz CT molecular complexity index is 1190. The van der Waals surface area contributed by atoms with Gasteiger partial charge in [0.25, 0.3) is 0 Å². The summed E-state index contributed by atoms with van der Waals surface area (Å²) in [4.78, 5) is 32.4. The first-order valence-corrected chi connectivity index (χ1v) is 14.9. The van der Waals surface area contributed by atoms with Gasteiger partial charge in [0, 0.05) is 80.4 Å². The van der Waals surface area contributed by atoms with E-state index in [-0.39, 0.29) is 23.7 Å². The molecule has 2 atom stereocenters. The maximum absolute atomic E-state index is 14.4. The van der Waals surface area contributed by atoms with Gasteiger partial charge >= 0.3 is 0 Å². The fourth-order valence-corrected chi connectivity index (χ4v) is 6.23. The highest BCUT2D eigenvalue weighted by molar-refractivity contribution is 6.35. The number of halogens is 3. The number of nitrogens with two attached hydrogens (primary N) is 1. The Kier molecular flexibility index (Phi) is 10.7. The van der Waals surface area contributed by atoms with Crippen molar-refractivity contribution in [1.82, 2.24) is 15.1 Å². The van der Waals surface area contributed by atoms with Crippen LogP contribution in [0.5, 0.6) is 0 Å². The molecule has 0 bridgehead atoms. The predicted octanol–water partition coefficient (Wildman–Crippen LogP) is 4.65. The topological polar surface area (TPSA) is 81.9 Å². The highest BCUT2D eigenvalue weighted by Crippen LogP contribution is 2.32. The van der Waals surface area contributed by atoms with E-state index in [1.54, 1.807) is 23.1 Å². The van der Waals surface area contributed by atoms with Gasteiger partial charge in [-0.1, -0.05) is 43.1 Å². The van der Waals surface area contributed by atoms with Crippen molar-refractivity contribution in [3.63, 3.8) is 0 Å². The molecule has 2 fully saturated rings. The molecule has 0 spiro atoms. The Hall–Kier alpha value is -2.39. The minimum atomic E-state index is -0.613. The number of anilines is 1. The summed E-state index contributed by atoms with van der Waals surface area (Å²) in [7, 11) is 0. The van der Waals surface area contributed by atoms with E-state index in [0.29, 0.717) is 74.6 Å².